The van der Waals surface area contributed by atoms with E-state index in [-0.39, 0.29) is 23.3 Å². The number of hydrogen-bond donors (Lipinski definition) is 0. The van der Waals surface area contributed by atoms with Crippen LogP contribution in [0.15, 0.2) is 41.3 Å². The number of thiazole rings is 1. The van der Waals surface area contributed by atoms with Gasteiger partial charge in [0.2, 0.25) is 5.91 Å². The average Bonchev–Trinajstić information content (AvgIpc) is 3.38. The van der Waals surface area contributed by atoms with Crippen LogP contribution in [0.25, 0.3) is 10.2 Å². The summed E-state index contributed by atoms with van der Waals surface area (Å²) >= 11 is 7.71. The third kappa shape index (κ3) is 4.92. The standard InChI is InChI=1S/C22H23ClN2O4S2/c1-14-18(23)9-10-19-21(14)24-22(30-19)25(13-16-4-3-11-29-16)20(26)12-15-5-7-17(8-6-15)31(2,27)28/h5-10,16H,3-4,11-13H2,1-2H3. The lowest BCUT2D eigenvalue weighted by molar-refractivity contribution is -0.118. The third-order valence-electron chi connectivity index (χ3n) is 5.39. The number of aryl methyl sites for hydroxylation is 1. The summed E-state index contributed by atoms with van der Waals surface area (Å²) in [6.07, 6.45) is 3.18. The summed E-state index contributed by atoms with van der Waals surface area (Å²) in [4.78, 5) is 20.0. The van der Waals surface area contributed by atoms with Gasteiger partial charge in [0.25, 0.3) is 0 Å². The van der Waals surface area contributed by atoms with Gasteiger partial charge in [0.15, 0.2) is 15.0 Å². The van der Waals surface area contributed by atoms with Crippen molar-refractivity contribution in [2.24, 2.45) is 0 Å². The molecular formula is C22H23ClN2O4S2. The van der Waals surface area contributed by atoms with Crippen LogP contribution in [0.2, 0.25) is 5.02 Å². The topological polar surface area (TPSA) is 76.6 Å². The van der Waals surface area contributed by atoms with E-state index in [1.54, 1.807) is 17.0 Å². The molecule has 2 heterocycles. The zero-order valence-corrected chi connectivity index (χ0v) is 19.7. The minimum Gasteiger partial charge on any atom is -0.376 e. The number of ether oxygens (including phenoxy) is 1. The van der Waals surface area contributed by atoms with Crippen molar-refractivity contribution in [3.8, 4) is 0 Å². The van der Waals surface area contributed by atoms with E-state index in [9.17, 15) is 13.2 Å². The van der Waals surface area contributed by atoms with Crippen molar-refractivity contribution < 1.29 is 17.9 Å². The zero-order chi connectivity index (χ0) is 22.2. The molecule has 0 radical (unpaired) electrons. The summed E-state index contributed by atoms with van der Waals surface area (Å²) in [5, 5.41) is 1.26. The van der Waals surface area contributed by atoms with E-state index in [0.717, 1.165) is 40.4 Å². The normalized spacial score (nSPS) is 16.7. The predicted molar refractivity (Wildman–Crippen MR) is 124 cm³/mol. The van der Waals surface area contributed by atoms with Gasteiger partial charge in [-0.15, -0.1) is 0 Å². The highest BCUT2D eigenvalue weighted by molar-refractivity contribution is 7.90. The summed E-state index contributed by atoms with van der Waals surface area (Å²) in [7, 11) is -3.28. The summed E-state index contributed by atoms with van der Waals surface area (Å²) in [6, 6.07) is 10.2. The summed E-state index contributed by atoms with van der Waals surface area (Å²) in [6.45, 7) is 3.06. The maximum atomic E-state index is 13.3. The minimum atomic E-state index is -3.28. The van der Waals surface area contributed by atoms with Gasteiger partial charge in [-0.3, -0.25) is 9.69 Å². The Bertz CT molecular complexity index is 1220. The highest BCUT2D eigenvalue weighted by Gasteiger charge is 2.26. The molecule has 9 heteroatoms. The average molecular weight is 479 g/mol. The fourth-order valence-electron chi connectivity index (χ4n) is 3.61. The van der Waals surface area contributed by atoms with E-state index in [1.807, 2.05) is 19.1 Å². The largest absolute Gasteiger partial charge is 0.376 e. The van der Waals surface area contributed by atoms with Gasteiger partial charge in [-0.1, -0.05) is 35.1 Å². The minimum absolute atomic E-state index is 0.0201. The third-order valence-corrected chi connectivity index (χ3v) is 7.97. The van der Waals surface area contributed by atoms with Gasteiger partial charge >= 0.3 is 0 Å². The molecule has 0 aliphatic carbocycles. The molecule has 4 rings (SSSR count). The number of sulfone groups is 1. The number of benzene rings is 2. The molecule has 6 nitrogen and oxygen atoms in total. The monoisotopic (exact) mass is 478 g/mol. The second-order valence-electron chi connectivity index (χ2n) is 7.75. The van der Waals surface area contributed by atoms with Crippen molar-refractivity contribution in [2.45, 2.75) is 37.2 Å². The summed E-state index contributed by atoms with van der Waals surface area (Å²) in [5.74, 6) is -0.106. The number of aromatic nitrogens is 1. The molecule has 1 atom stereocenters. The van der Waals surface area contributed by atoms with Gasteiger partial charge in [0.1, 0.15) is 0 Å². The van der Waals surface area contributed by atoms with Gasteiger partial charge in [0, 0.05) is 17.9 Å². The number of hydrogen-bond acceptors (Lipinski definition) is 6. The molecule has 1 unspecified atom stereocenters. The first-order chi connectivity index (χ1) is 14.7. The number of halogens is 1. The van der Waals surface area contributed by atoms with Crippen molar-refractivity contribution in [2.75, 3.05) is 24.3 Å². The maximum absolute atomic E-state index is 13.3. The Morgan fingerprint density at radius 2 is 2.00 bits per heavy atom. The van der Waals surface area contributed by atoms with Crippen LogP contribution in [0.4, 0.5) is 5.13 Å². The number of anilines is 1. The Kier molecular flexibility index (Phi) is 6.35. The molecule has 164 valence electrons. The first-order valence-electron chi connectivity index (χ1n) is 9.99. The van der Waals surface area contributed by atoms with Gasteiger partial charge in [0.05, 0.1) is 34.2 Å². The van der Waals surface area contributed by atoms with Crippen LogP contribution in [0.5, 0.6) is 0 Å². The van der Waals surface area contributed by atoms with Crippen molar-refractivity contribution in [1.29, 1.82) is 0 Å². The first-order valence-corrected chi connectivity index (χ1v) is 13.1. The SMILES string of the molecule is Cc1c(Cl)ccc2sc(N(CC3CCCO3)C(=O)Cc3ccc(S(C)(=O)=O)cc3)nc12. The maximum Gasteiger partial charge on any atom is 0.233 e. The molecule has 0 N–H and O–H groups in total. The smallest absolute Gasteiger partial charge is 0.233 e. The molecule has 0 bridgehead atoms. The van der Waals surface area contributed by atoms with Crippen molar-refractivity contribution in [1.82, 2.24) is 4.98 Å². The number of rotatable bonds is 6. The molecule has 0 spiro atoms. The fourth-order valence-corrected chi connectivity index (χ4v) is 5.44. The van der Waals surface area contributed by atoms with Crippen LogP contribution < -0.4 is 4.90 Å². The number of nitrogens with zero attached hydrogens (tertiary/aromatic N) is 2. The van der Waals surface area contributed by atoms with E-state index in [4.69, 9.17) is 21.3 Å². The molecule has 2 aromatic carbocycles. The Morgan fingerprint density at radius 3 is 2.65 bits per heavy atom. The number of carbonyl (C=O) groups excluding carboxylic acids is 1. The lowest BCUT2D eigenvalue weighted by atomic mass is 10.1. The van der Waals surface area contributed by atoms with Crippen LogP contribution in [0.1, 0.15) is 24.0 Å². The zero-order valence-electron chi connectivity index (χ0n) is 17.3. The van der Waals surface area contributed by atoms with Gasteiger partial charge in [-0.25, -0.2) is 13.4 Å². The number of carbonyl (C=O) groups is 1. The quantitative estimate of drug-likeness (QED) is 0.524. The highest BCUT2D eigenvalue weighted by Crippen LogP contribution is 2.34. The van der Waals surface area contributed by atoms with E-state index < -0.39 is 9.84 Å². The van der Waals surface area contributed by atoms with Gasteiger partial charge in [-0.05, 0) is 55.2 Å². The molecule has 1 saturated heterocycles. The number of amides is 1. The second-order valence-corrected chi connectivity index (χ2v) is 11.2. The molecule has 31 heavy (non-hydrogen) atoms. The van der Waals surface area contributed by atoms with Crippen LogP contribution in [-0.2, 0) is 25.8 Å². The highest BCUT2D eigenvalue weighted by atomic mass is 35.5. The molecule has 1 aliphatic rings. The Hall–Kier alpha value is -2.00. The molecule has 1 amide bonds. The fraction of sp³-hybridized carbons (Fsp3) is 0.364. The molecular weight excluding hydrogens is 456 g/mol. The van der Waals surface area contributed by atoms with Crippen LogP contribution in [0.3, 0.4) is 0 Å². The van der Waals surface area contributed by atoms with Crippen molar-refractivity contribution >= 4 is 54.0 Å². The number of fused-ring (bicyclic) bond motifs is 1. The summed E-state index contributed by atoms with van der Waals surface area (Å²) in [5.41, 5.74) is 2.44. The Morgan fingerprint density at radius 1 is 1.26 bits per heavy atom. The Balaban J connectivity index is 1.63. The van der Waals surface area contributed by atoms with E-state index in [2.05, 4.69) is 0 Å². The molecule has 3 aromatic rings. The van der Waals surface area contributed by atoms with Gasteiger partial charge < -0.3 is 4.74 Å². The molecule has 1 aromatic heterocycles. The Labute approximate surface area is 190 Å². The lowest BCUT2D eigenvalue weighted by Gasteiger charge is -2.23. The van der Waals surface area contributed by atoms with E-state index in [1.165, 1.54) is 23.5 Å². The van der Waals surface area contributed by atoms with Gasteiger partial charge in [-0.2, -0.15) is 0 Å². The first kappa shape index (κ1) is 22.2. The van der Waals surface area contributed by atoms with Crippen LogP contribution >= 0.6 is 22.9 Å². The molecule has 1 fully saturated rings. The van der Waals surface area contributed by atoms with Crippen molar-refractivity contribution in [3.05, 3.63) is 52.5 Å². The summed E-state index contributed by atoms with van der Waals surface area (Å²) < 4.78 is 30.1. The second kappa shape index (κ2) is 8.86. The lowest BCUT2D eigenvalue weighted by Crippen LogP contribution is -2.38. The van der Waals surface area contributed by atoms with E-state index >= 15 is 0 Å². The molecule has 1 aliphatic heterocycles. The van der Waals surface area contributed by atoms with Crippen LogP contribution in [0, 0.1) is 6.92 Å². The molecule has 0 saturated carbocycles. The van der Waals surface area contributed by atoms with Crippen molar-refractivity contribution in [3.63, 3.8) is 0 Å². The predicted octanol–water partition coefficient (Wildman–Crippen LogP) is 4.42. The van der Waals surface area contributed by atoms with E-state index in [0.29, 0.717) is 23.3 Å². The van der Waals surface area contributed by atoms with Crippen LogP contribution in [-0.4, -0.2) is 44.8 Å².